The lowest BCUT2D eigenvalue weighted by Crippen LogP contribution is -2.53. The van der Waals surface area contributed by atoms with Crippen LogP contribution in [-0.4, -0.2) is 84.7 Å². The Hall–Kier alpha value is -2.35. The summed E-state index contributed by atoms with van der Waals surface area (Å²) in [6.45, 7) is 14.1. The topological polar surface area (TPSA) is 73.3 Å². The number of anilines is 1. The van der Waals surface area contributed by atoms with Gasteiger partial charge in [0.25, 0.3) is 0 Å². The number of aliphatic imine (C=N–C) groups is 1. The Morgan fingerprint density at radius 1 is 1.17 bits per heavy atom. The fourth-order valence-electron chi connectivity index (χ4n) is 3.89. The lowest BCUT2D eigenvalue weighted by molar-refractivity contribution is -0.130. The zero-order chi connectivity index (χ0) is 20.8. The van der Waals surface area contributed by atoms with Gasteiger partial charge in [-0.05, 0) is 32.4 Å². The molecule has 2 aliphatic heterocycles. The summed E-state index contributed by atoms with van der Waals surface area (Å²) in [7, 11) is 0. The molecule has 0 bridgehead atoms. The molecule has 0 saturated carbocycles. The van der Waals surface area contributed by atoms with Crippen molar-refractivity contribution in [2.75, 3.05) is 50.7 Å². The van der Waals surface area contributed by atoms with Crippen molar-refractivity contribution in [2.24, 2.45) is 4.99 Å². The van der Waals surface area contributed by atoms with Crippen molar-refractivity contribution in [2.45, 2.75) is 46.4 Å². The van der Waals surface area contributed by atoms with Crippen LogP contribution in [0.1, 0.15) is 33.3 Å². The Labute approximate surface area is 173 Å². The van der Waals surface area contributed by atoms with E-state index in [9.17, 15) is 4.79 Å². The Morgan fingerprint density at radius 3 is 2.38 bits per heavy atom. The summed E-state index contributed by atoms with van der Waals surface area (Å²) >= 11 is 0. The maximum Gasteiger partial charge on any atom is 0.219 e. The molecule has 3 rings (SSSR count). The van der Waals surface area contributed by atoms with E-state index in [0.29, 0.717) is 6.54 Å². The van der Waals surface area contributed by atoms with Crippen molar-refractivity contribution >= 4 is 17.7 Å². The van der Waals surface area contributed by atoms with Crippen LogP contribution in [0.15, 0.2) is 23.3 Å². The maximum absolute atomic E-state index is 11.5. The summed E-state index contributed by atoms with van der Waals surface area (Å²) in [5.74, 6) is 2.03. The second kappa shape index (κ2) is 9.91. The summed E-state index contributed by atoms with van der Waals surface area (Å²) in [5.41, 5.74) is 1.08. The maximum atomic E-state index is 11.5. The normalized spacial score (nSPS) is 23.3. The number of morpholine rings is 1. The number of ether oxygens (including phenoxy) is 1. The predicted octanol–water partition coefficient (Wildman–Crippen LogP) is 1.32. The fraction of sp³-hybridized carbons (Fsp3) is 0.667. The average molecular weight is 403 g/mol. The molecule has 0 spiro atoms. The molecule has 160 valence electrons. The Balaban J connectivity index is 1.60. The lowest BCUT2D eigenvalue weighted by Gasteiger charge is -2.36. The first kappa shape index (κ1) is 21.4. The number of carbonyl (C=O) groups excluding carboxylic acids is 1. The molecule has 2 atom stereocenters. The molecular weight excluding hydrogens is 368 g/mol. The van der Waals surface area contributed by atoms with Gasteiger partial charge >= 0.3 is 0 Å². The van der Waals surface area contributed by atoms with Gasteiger partial charge in [0.1, 0.15) is 5.82 Å². The van der Waals surface area contributed by atoms with Crippen LogP contribution in [0.5, 0.6) is 0 Å². The highest BCUT2D eigenvalue weighted by Crippen LogP contribution is 2.18. The van der Waals surface area contributed by atoms with Crippen LogP contribution in [0.2, 0.25) is 0 Å². The molecule has 1 aromatic heterocycles. The minimum absolute atomic E-state index is 0.141. The van der Waals surface area contributed by atoms with Crippen LogP contribution in [-0.2, 0) is 16.1 Å². The second-order valence-electron chi connectivity index (χ2n) is 7.85. The van der Waals surface area contributed by atoms with Crippen molar-refractivity contribution in [3.05, 3.63) is 23.9 Å². The molecule has 2 saturated heterocycles. The van der Waals surface area contributed by atoms with Crippen LogP contribution < -0.4 is 10.2 Å². The lowest BCUT2D eigenvalue weighted by atomic mass is 10.2. The van der Waals surface area contributed by atoms with Crippen molar-refractivity contribution < 1.29 is 9.53 Å². The van der Waals surface area contributed by atoms with Crippen molar-refractivity contribution in [3.8, 4) is 0 Å². The molecule has 1 amide bonds. The van der Waals surface area contributed by atoms with E-state index in [4.69, 9.17) is 9.73 Å². The number of piperazine rings is 1. The summed E-state index contributed by atoms with van der Waals surface area (Å²) in [4.78, 5) is 27.4. The molecule has 2 unspecified atom stereocenters. The number of aromatic nitrogens is 1. The molecule has 3 heterocycles. The average Bonchev–Trinajstić information content (AvgIpc) is 2.71. The van der Waals surface area contributed by atoms with Gasteiger partial charge in [0.05, 0.1) is 18.8 Å². The zero-order valence-corrected chi connectivity index (χ0v) is 18.1. The molecule has 0 aromatic carbocycles. The van der Waals surface area contributed by atoms with E-state index >= 15 is 0 Å². The summed E-state index contributed by atoms with van der Waals surface area (Å²) in [5, 5.41) is 3.37. The van der Waals surface area contributed by atoms with E-state index in [2.05, 4.69) is 53.0 Å². The van der Waals surface area contributed by atoms with Crippen molar-refractivity contribution in [1.29, 1.82) is 0 Å². The van der Waals surface area contributed by atoms with E-state index in [-0.39, 0.29) is 18.1 Å². The Kier molecular flexibility index (Phi) is 7.30. The number of hydrogen-bond donors (Lipinski definition) is 1. The number of nitrogens with one attached hydrogen (secondary N) is 1. The summed E-state index contributed by atoms with van der Waals surface area (Å²) < 4.78 is 5.81. The van der Waals surface area contributed by atoms with E-state index in [1.165, 1.54) is 0 Å². The minimum Gasteiger partial charge on any atom is -0.372 e. The van der Waals surface area contributed by atoms with Gasteiger partial charge < -0.3 is 24.8 Å². The third-order valence-corrected chi connectivity index (χ3v) is 5.32. The fourth-order valence-corrected chi connectivity index (χ4v) is 3.89. The second-order valence-corrected chi connectivity index (χ2v) is 7.85. The SMILES string of the molecule is CCNC(=NCc1ccc(N2CC(C)OC(C)C2)nc1)N1CCN(C(C)=O)CC1. The number of nitrogens with zero attached hydrogens (tertiary/aromatic N) is 5. The number of carbonyl (C=O) groups is 1. The number of guanidine groups is 1. The van der Waals surface area contributed by atoms with Gasteiger partial charge in [-0.15, -0.1) is 0 Å². The highest BCUT2D eigenvalue weighted by Gasteiger charge is 2.23. The third kappa shape index (κ3) is 5.82. The molecule has 8 nitrogen and oxygen atoms in total. The molecule has 29 heavy (non-hydrogen) atoms. The van der Waals surface area contributed by atoms with Crippen LogP contribution in [0, 0.1) is 0 Å². The highest BCUT2D eigenvalue weighted by atomic mass is 16.5. The third-order valence-electron chi connectivity index (χ3n) is 5.32. The smallest absolute Gasteiger partial charge is 0.219 e. The van der Waals surface area contributed by atoms with Gasteiger partial charge in [-0.25, -0.2) is 9.98 Å². The van der Waals surface area contributed by atoms with E-state index in [1.54, 1.807) is 6.92 Å². The van der Waals surface area contributed by atoms with Gasteiger partial charge in [0.15, 0.2) is 5.96 Å². The highest BCUT2D eigenvalue weighted by molar-refractivity contribution is 5.80. The van der Waals surface area contributed by atoms with Gasteiger partial charge in [0.2, 0.25) is 5.91 Å². The molecule has 1 N–H and O–H groups in total. The van der Waals surface area contributed by atoms with Crippen molar-refractivity contribution in [1.82, 2.24) is 20.1 Å². The number of amides is 1. The number of hydrogen-bond acceptors (Lipinski definition) is 5. The summed E-state index contributed by atoms with van der Waals surface area (Å²) in [6, 6.07) is 4.18. The quantitative estimate of drug-likeness (QED) is 0.605. The van der Waals surface area contributed by atoms with Crippen LogP contribution in [0.4, 0.5) is 5.82 Å². The monoisotopic (exact) mass is 402 g/mol. The van der Waals surface area contributed by atoms with Gasteiger partial charge in [-0.1, -0.05) is 6.07 Å². The predicted molar refractivity (Wildman–Crippen MR) is 115 cm³/mol. The number of pyridine rings is 1. The van der Waals surface area contributed by atoms with Crippen LogP contribution >= 0.6 is 0 Å². The molecular formula is C21H34N6O2. The van der Waals surface area contributed by atoms with Crippen LogP contribution in [0.25, 0.3) is 0 Å². The first-order valence-corrected chi connectivity index (χ1v) is 10.6. The van der Waals surface area contributed by atoms with E-state index in [1.807, 2.05) is 11.1 Å². The van der Waals surface area contributed by atoms with Crippen molar-refractivity contribution in [3.63, 3.8) is 0 Å². The Bertz CT molecular complexity index is 690. The molecule has 2 fully saturated rings. The first-order valence-electron chi connectivity index (χ1n) is 10.6. The first-order chi connectivity index (χ1) is 14.0. The van der Waals surface area contributed by atoms with E-state index in [0.717, 1.165) is 63.2 Å². The van der Waals surface area contributed by atoms with Gasteiger partial charge in [0, 0.05) is 58.9 Å². The zero-order valence-electron chi connectivity index (χ0n) is 18.1. The molecule has 0 aliphatic carbocycles. The van der Waals surface area contributed by atoms with Gasteiger partial charge in [-0.3, -0.25) is 4.79 Å². The molecule has 1 aromatic rings. The molecule has 0 radical (unpaired) electrons. The minimum atomic E-state index is 0.141. The summed E-state index contributed by atoms with van der Waals surface area (Å²) in [6.07, 6.45) is 2.35. The molecule has 8 heteroatoms. The largest absolute Gasteiger partial charge is 0.372 e. The van der Waals surface area contributed by atoms with E-state index < -0.39 is 0 Å². The Morgan fingerprint density at radius 2 is 1.83 bits per heavy atom. The standard InChI is InChI=1S/C21H34N6O2/c1-5-22-21(26-10-8-25(9-11-26)18(4)28)24-13-19-6-7-20(23-12-19)27-14-16(2)29-17(3)15-27/h6-7,12,16-17H,5,8-11,13-15H2,1-4H3,(H,22,24). The van der Waals surface area contributed by atoms with Crippen LogP contribution in [0.3, 0.4) is 0 Å². The number of rotatable bonds is 4. The van der Waals surface area contributed by atoms with Gasteiger partial charge in [-0.2, -0.15) is 0 Å². The molecule has 2 aliphatic rings.